The average molecular weight is 221 g/mol. The van der Waals surface area contributed by atoms with Crippen molar-refractivity contribution in [2.24, 2.45) is 0 Å². The number of benzene rings is 1. The van der Waals surface area contributed by atoms with E-state index in [1.54, 1.807) is 6.92 Å². The maximum atomic E-state index is 13.3. The van der Waals surface area contributed by atoms with Crippen LogP contribution in [0.5, 0.6) is 5.75 Å². The summed E-state index contributed by atoms with van der Waals surface area (Å²) in [4.78, 5) is 10.7. The summed E-state index contributed by atoms with van der Waals surface area (Å²) in [6.07, 6.45) is 0. The topological polar surface area (TPSA) is 26.3 Å². The van der Waals surface area contributed by atoms with Gasteiger partial charge in [0, 0.05) is 0 Å². The van der Waals surface area contributed by atoms with Gasteiger partial charge in [0.2, 0.25) is 0 Å². The summed E-state index contributed by atoms with van der Waals surface area (Å²) in [5.74, 6) is -2.49. The van der Waals surface area contributed by atoms with Crippen LogP contribution in [-0.4, -0.2) is 11.8 Å². The first-order chi connectivity index (χ1) is 6.57. The van der Waals surface area contributed by atoms with Crippen molar-refractivity contribution in [2.75, 3.05) is 6.61 Å². The minimum atomic E-state index is -1.06. The van der Waals surface area contributed by atoms with E-state index in [9.17, 15) is 13.6 Å². The summed E-state index contributed by atoms with van der Waals surface area (Å²) < 4.78 is 31.0. The van der Waals surface area contributed by atoms with Crippen molar-refractivity contribution in [3.63, 3.8) is 0 Å². The predicted octanol–water partition coefficient (Wildman–Crippen LogP) is 2.74. The highest BCUT2D eigenvalue weighted by Gasteiger charge is 2.18. The van der Waals surface area contributed by atoms with E-state index in [1.807, 2.05) is 0 Å². The van der Waals surface area contributed by atoms with Crippen molar-refractivity contribution in [3.05, 3.63) is 29.3 Å². The first kappa shape index (κ1) is 10.9. The van der Waals surface area contributed by atoms with Gasteiger partial charge >= 0.3 is 0 Å². The number of ether oxygens (including phenoxy) is 1. The zero-order valence-corrected chi connectivity index (χ0v) is 8.07. The maximum Gasteiger partial charge on any atom is 0.255 e. The molecule has 14 heavy (non-hydrogen) atoms. The van der Waals surface area contributed by atoms with Gasteiger partial charge in [-0.25, -0.2) is 8.78 Å². The third-order valence-electron chi connectivity index (χ3n) is 1.55. The minimum absolute atomic E-state index is 0.105. The number of halogens is 3. The molecule has 0 spiro atoms. The number of hydrogen-bond donors (Lipinski definition) is 0. The Labute approximate surface area is 84.4 Å². The van der Waals surface area contributed by atoms with Crippen molar-refractivity contribution in [2.45, 2.75) is 6.92 Å². The molecule has 0 saturated carbocycles. The molecule has 0 aromatic heterocycles. The van der Waals surface area contributed by atoms with Gasteiger partial charge in [-0.15, -0.1) is 0 Å². The van der Waals surface area contributed by atoms with E-state index in [-0.39, 0.29) is 6.61 Å². The van der Waals surface area contributed by atoms with E-state index in [4.69, 9.17) is 16.3 Å². The van der Waals surface area contributed by atoms with Crippen LogP contribution in [0.4, 0.5) is 8.78 Å². The van der Waals surface area contributed by atoms with Crippen molar-refractivity contribution < 1.29 is 18.3 Å². The van der Waals surface area contributed by atoms with Crippen LogP contribution in [0.2, 0.25) is 0 Å². The van der Waals surface area contributed by atoms with Gasteiger partial charge < -0.3 is 4.74 Å². The van der Waals surface area contributed by atoms with Gasteiger partial charge in [-0.1, -0.05) is 0 Å². The van der Waals surface area contributed by atoms with E-state index in [1.165, 1.54) is 0 Å². The molecule has 0 atom stereocenters. The van der Waals surface area contributed by atoms with E-state index in [0.717, 1.165) is 12.1 Å². The Morgan fingerprint density at radius 3 is 2.64 bits per heavy atom. The Kier molecular flexibility index (Phi) is 3.41. The quantitative estimate of drug-likeness (QED) is 0.733. The zero-order valence-electron chi connectivity index (χ0n) is 7.31. The highest BCUT2D eigenvalue weighted by molar-refractivity contribution is 6.67. The fourth-order valence-electron chi connectivity index (χ4n) is 0.961. The molecule has 0 N–H and O–H groups in total. The van der Waals surface area contributed by atoms with Crippen LogP contribution < -0.4 is 4.74 Å². The smallest absolute Gasteiger partial charge is 0.255 e. The van der Waals surface area contributed by atoms with Gasteiger partial charge in [0.25, 0.3) is 5.24 Å². The third-order valence-corrected chi connectivity index (χ3v) is 1.75. The second-order valence-electron chi connectivity index (χ2n) is 2.44. The summed E-state index contributed by atoms with van der Waals surface area (Å²) >= 11 is 5.08. The fourth-order valence-corrected chi connectivity index (χ4v) is 1.11. The average Bonchev–Trinajstić information content (AvgIpc) is 2.11. The molecule has 1 aromatic rings. The molecule has 0 aliphatic carbocycles. The lowest BCUT2D eigenvalue weighted by molar-refractivity contribution is 0.107. The van der Waals surface area contributed by atoms with E-state index < -0.39 is 28.2 Å². The van der Waals surface area contributed by atoms with Crippen LogP contribution >= 0.6 is 11.6 Å². The first-order valence-electron chi connectivity index (χ1n) is 3.88. The Hall–Kier alpha value is -1.16. The Morgan fingerprint density at radius 1 is 1.50 bits per heavy atom. The molecule has 5 heteroatoms. The lowest BCUT2D eigenvalue weighted by atomic mass is 10.2. The van der Waals surface area contributed by atoms with E-state index in [2.05, 4.69) is 0 Å². The molecule has 1 aromatic carbocycles. The molecule has 0 aliphatic heterocycles. The first-order valence-corrected chi connectivity index (χ1v) is 4.26. The summed E-state index contributed by atoms with van der Waals surface area (Å²) in [5, 5.41) is -0.983. The van der Waals surface area contributed by atoms with Crippen LogP contribution in [0.3, 0.4) is 0 Å². The van der Waals surface area contributed by atoms with Crippen LogP contribution in [-0.2, 0) is 0 Å². The Bertz CT molecular complexity index is 366. The van der Waals surface area contributed by atoms with E-state index in [0.29, 0.717) is 0 Å². The molecule has 2 nitrogen and oxygen atoms in total. The number of carbonyl (C=O) groups is 1. The molecular weight excluding hydrogens is 214 g/mol. The van der Waals surface area contributed by atoms with Gasteiger partial charge in [0.1, 0.15) is 0 Å². The molecule has 0 amide bonds. The standard InChI is InChI=1S/C9H7ClF2O2/c1-2-14-8-6(11)4-3-5(7(8)12)9(10)13/h3-4H,2H2,1H3. The van der Waals surface area contributed by atoms with Gasteiger partial charge in [-0.05, 0) is 30.7 Å². The van der Waals surface area contributed by atoms with Gasteiger partial charge in [-0.2, -0.15) is 0 Å². The molecule has 0 heterocycles. The molecular formula is C9H7ClF2O2. The van der Waals surface area contributed by atoms with Crippen LogP contribution in [0.1, 0.15) is 17.3 Å². The molecule has 0 saturated heterocycles. The van der Waals surface area contributed by atoms with Crippen molar-refractivity contribution >= 4 is 16.8 Å². The molecule has 76 valence electrons. The lowest BCUT2D eigenvalue weighted by Gasteiger charge is -2.07. The highest BCUT2D eigenvalue weighted by atomic mass is 35.5. The van der Waals surface area contributed by atoms with Crippen LogP contribution in [0.15, 0.2) is 12.1 Å². The molecule has 0 bridgehead atoms. The van der Waals surface area contributed by atoms with Gasteiger partial charge in [-0.3, -0.25) is 4.79 Å². The number of hydrogen-bond acceptors (Lipinski definition) is 2. The predicted molar refractivity (Wildman–Crippen MR) is 47.7 cm³/mol. The van der Waals surface area contributed by atoms with E-state index >= 15 is 0 Å². The van der Waals surface area contributed by atoms with Gasteiger partial charge in [0.15, 0.2) is 17.4 Å². The second kappa shape index (κ2) is 4.37. The summed E-state index contributed by atoms with van der Waals surface area (Å²) in [6.45, 7) is 1.68. The molecule has 0 aliphatic rings. The Balaban J connectivity index is 3.26. The Morgan fingerprint density at radius 2 is 2.14 bits per heavy atom. The lowest BCUT2D eigenvalue weighted by Crippen LogP contribution is -2.03. The SMILES string of the molecule is CCOc1c(F)ccc(C(=O)Cl)c1F. The van der Waals surface area contributed by atoms with Crippen molar-refractivity contribution in [1.29, 1.82) is 0 Å². The maximum absolute atomic E-state index is 13.3. The number of carbonyl (C=O) groups excluding carboxylic acids is 1. The fraction of sp³-hybridized carbons (Fsp3) is 0.222. The zero-order chi connectivity index (χ0) is 10.7. The van der Waals surface area contributed by atoms with Gasteiger partial charge in [0.05, 0.1) is 12.2 Å². The second-order valence-corrected chi connectivity index (χ2v) is 2.79. The van der Waals surface area contributed by atoms with Crippen LogP contribution in [0, 0.1) is 11.6 Å². The molecule has 0 fully saturated rings. The minimum Gasteiger partial charge on any atom is -0.488 e. The highest BCUT2D eigenvalue weighted by Crippen LogP contribution is 2.25. The van der Waals surface area contributed by atoms with Crippen LogP contribution in [0.25, 0.3) is 0 Å². The largest absolute Gasteiger partial charge is 0.488 e. The molecule has 0 unspecified atom stereocenters. The number of rotatable bonds is 3. The summed E-state index contributed by atoms with van der Waals surface area (Å²) in [5.41, 5.74) is -0.392. The third kappa shape index (κ3) is 2.01. The summed E-state index contributed by atoms with van der Waals surface area (Å²) in [7, 11) is 0. The molecule has 0 radical (unpaired) electrons. The van der Waals surface area contributed by atoms with Crippen molar-refractivity contribution in [1.82, 2.24) is 0 Å². The monoisotopic (exact) mass is 220 g/mol. The van der Waals surface area contributed by atoms with Crippen molar-refractivity contribution in [3.8, 4) is 5.75 Å². The summed E-state index contributed by atoms with van der Waals surface area (Å²) in [6, 6.07) is 1.91. The normalized spacial score (nSPS) is 10.0. The molecule has 1 rings (SSSR count).